The summed E-state index contributed by atoms with van der Waals surface area (Å²) >= 11 is 18.9. The van der Waals surface area contributed by atoms with Gasteiger partial charge in [0.15, 0.2) is 0 Å². The van der Waals surface area contributed by atoms with E-state index in [4.69, 9.17) is 39.5 Å². The first kappa shape index (κ1) is 25.1. The molecule has 0 bridgehead atoms. The van der Waals surface area contributed by atoms with Crippen LogP contribution in [0.3, 0.4) is 0 Å². The normalized spacial score (nSPS) is 14.5. The van der Waals surface area contributed by atoms with Crippen LogP contribution in [0.15, 0.2) is 71.6 Å². The second kappa shape index (κ2) is 11.2. The van der Waals surface area contributed by atoms with Crippen LogP contribution in [-0.4, -0.2) is 28.5 Å². The SMILES string of the molecule is O=C(CN1C(=O)S/C(=C/c2ccc(OCc3ccc(Cl)cc3Cl)cc2)C1=O)Nc1ccccc1Cl. The van der Waals surface area contributed by atoms with Crippen LogP contribution in [0, 0.1) is 0 Å². The van der Waals surface area contributed by atoms with E-state index in [0.29, 0.717) is 32.1 Å². The Morgan fingerprint density at radius 2 is 1.71 bits per heavy atom. The Hall–Kier alpha value is -2.97. The average molecular weight is 548 g/mol. The Bertz CT molecular complexity index is 1330. The van der Waals surface area contributed by atoms with Crippen LogP contribution in [0.2, 0.25) is 15.1 Å². The van der Waals surface area contributed by atoms with Gasteiger partial charge in [-0.15, -0.1) is 0 Å². The van der Waals surface area contributed by atoms with Crippen molar-refractivity contribution in [3.05, 3.63) is 97.8 Å². The van der Waals surface area contributed by atoms with Gasteiger partial charge in [-0.05, 0) is 59.8 Å². The number of amides is 3. The number of thioether (sulfide) groups is 1. The largest absolute Gasteiger partial charge is 0.489 e. The fourth-order valence-corrected chi connectivity index (χ4v) is 4.63. The van der Waals surface area contributed by atoms with E-state index in [1.807, 2.05) is 0 Å². The Morgan fingerprint density at radius 3 is 2.43 bits per heavy atom. The molecule has 0 saturated carbocycles. The van der Waals surface area contributed by atoms with Crippen LogP contribution in [-0.2, 0) is 16.2 Å². The van der Waals surface area contributed by atoms with Gasteiger partial charge in [-0.1, -0.05) is 65.1 Å². The maximum atomic E-state index is 12.7. The number of ether oxygens (including phenoxy) is 1. The number of para-hydroxylation sites is 1. The number of carbonyl (C=O) groups is 3. The maximum Gasteiger partial charge on any atom is 0.294 e. The van der Waals surface area contributed by atoms with E-state index in [1.165, 1.54) is 0 Å². The van der Waals surface area contributed by atoms with Crippen molar-refractivity contribution in [2.24, 2.45) is 0 Å². The molecule has 3 amide bonds. The Balaban J connectivity index is 1.37. The molecule has 0 atom stereocenters. The van der Waals surface area contributed by atoms with Crippen molar-refractivity contribution < 1.29 is 19.1 Å². The molecule has 0 spiro atoms. The number of benzene rings is 3. The molecule has 3 aromatic carbocycles. The first-order valence-corrected chi connectivity index (χ1v) is 12.2. The van der Waals surface area contributed by atoms with Crippen LogP contribution < -0.4 is 10.1 Å². The molecular formula is C25H17Cl3N2O4S. The molecular weight excluding hydrogens is 531 g/mol. The summed E-state index contributed by atoms with van der Waals surface area (Å²) in [4.78, 5) is 38.5. The van der Waals surface area contributed by atoms with E-state index >= 15 is 0 Å². The van der Waals surface area contributed by atoms with Crippen LogP contribution in [0.5, 0.6) is 5.75 Å². The van der Waals surface area contributed by atoms with Gasteiger partial charge in [-0.2, -0.15) is 0 Å². The smallest absolute Gasteiger partial charge is 0.294 e. The summed E-state index contributed by atoms with van der Waals surface area (Å²) in [5, 5.41) is 3.51. The van der Waals surface area contributed by atoms with Crippen molar-refractivity contribution in [1.82, 2.24) is 4.90 Å². The third kappa shape index (κ3) is 6.38. The maximum absolute atomic E-state index is 12.7. The minimum Gasteiger partial charge on any atom is -0.489 e. The average Bonchev–Trinajstić information content (AvgIpc) is 3.08. The van der Waals surface area contributed by atoms with Crippen LogP contribution in [0.1, 0.15) is 11.1 Å². The third-order valence-corrected chi connectivity index (χ3v) is 6.73. The Morgan fingerprint density at radius 1 is 0.971 bits per heavy atom. The quantitative estimate of drug-likeness (QED) is 0.326. The van der Waals surface area contributed by atoms with E-state index < -0.39 is 23.6 Å². The van der Waals surface area contributed by atoms with Gasteiger partial charge in [-0.25, -0.2) is 0 Å². The van der Waals surface area contributed by atoms with Gasteiger partial charge in [-0.3, -0.25) is 19.3 Å². The molecule has 0 aromatic heterocycles. The first-order chi connectivity index (χ1) is 16.8. The van der Waals surface area contributed by atoms with Gasteiger partial charge in [0.05, 0.1) is 15.6 Å². The number of nitrogens with one attached hydrogen (secondary N) is 1. The monoisotopic (exact) mass is 546 g/mol. The molecule has 1 aliphatic rings. The van der Waals surface area contributed by atoms with Crippen molar-refractivity contribution in [1.29, 1.82) is 0 Å². The second-order valence-electron chi connectivity index (χ2n) is 7.39. The lowest BCUT2D eigenvalue weighted by Gasteiger charge is -2.13. The molecule has 10 heteroatoms. The molecule has 1 heterocycles. The predicted molar refractivity (Wildman–Crippen MR) is 140 cm³/mol. The molecule has 0 radical (unpaired) electrons. The highest BCUT2D eigenvalue weighted by Gasteiger charge is 2.36. The van der Waals surface area contributed by atoms with E-state index in [2.05, 4.69) is 5.32 Å². The minimum atomic E-state index is -0.535. The lowest BCUT2D eigenvalue weighted by atomic mass is 10.2. The Kier molecular flexibility index (Phi) is 8.03. The van der Waals surface area contributed by atoms with Crippen molar-refractivity contribution >= 4 is 75.4 Å². The van der Waals surface area contributed by atoms with Crippen LogP contribution in [0.25, 0.3) is 6.08 Å². The van der Waals surface area contributed by atoms with E-state index in [0.717, 1.165) is 22.2 Å². The van der Waals surface area contributed by atoms with Gasteiger partial charge >= 0.3 is 0 Å². The molecule has 1 N–H and O–H groups in total. The Labute approximate surface area is 220 Å². The predicted octanol–water partition coefficient (Wildman–Crippen LogP) is 6.90. The summed E-state index contributed by atoms with van der Waals surface area (Å²) in [6.07, 6.45) is 1.59. The van der Waals surface area contributed by atoms with Gasteiger partial charge < -0.3 is 10.1 Å². The van der Waals surface area contributed by atoms with Crippen molar-refractivity contribution in [2.45, 2.75) is 6.61 Å². The number of nitrogens with zero attached hydrogens (tertiary/aromatic N) is 1. The molecule has 178 valence electrons. The molecule has 6 nitrogen and oxygen atoms in total. The first-order valence-electron chi connectivity index (χ1n) is 10.3. The van der Waals surface area contributed by atoms with Crippen molar-refractivity contribution in [3.63, 3.8) is 0 Å². The summed E-state index contributed by atoms with van der Waals surface area (Å²) in [6.45, 7) is -0.141. The lowest BCUT2D eigenvalue weighted by Crippen LogP contribution is -2.36. The van der Waals surface area contributed by atoms with E-state index in [1.54, 1.807) is 72.8 Å². The standard InChI is InChI=1S/C25H17Cl3N2O4S/c26-17-8-7-16(20(28)12-17)14-34-18-9-5-15(6-10-18)11-22-24(32)30(25(33)35-22)13-23(31)29-21-4-2-1-3-19(21)27/h1-12H,13-14H2,(H,29,31)/b22-11+. The zero-order valence-electron chi connectivity index (χ0n) is 18.0. The molecule has 0 unspecified atom stereocenters. The fraction of sp³-hybridized carbons (Fsp3) is 0.0800. The number of hydrogen-bond donors (Lipinski definition) is 1. The van der Waals surface area contributed by atoms with Crippen LogP contribution >= 0.6 is 46.6 Å². The summed E-state index contributed by atoms with van der Waals surface area (Å²) in [7, 11) is 0. The number of carbonyl (C=O) groups excluding carboxylic acids is 3. The second-order valence-corrected chi connectivity index (χ2v) is 9.63. The van der Waals surface area contributed by atoms with Crippen molar-refractivity contribution in [2.75, 3.05) is 11.9 Å². The minimum absolute atomic E-state index is 0.224. The number of anilines is 1. The van der Waals surface area contributed by atoms with Gasteiger partial charge in [0.1, 0.15) is 18.9 Å². The molecule has 1 fully saturated rings. The highest BCUT2D eigenvalue weighted by atomic mass is 35.5. The zero-order chi connectivity index (χ0) is 24.9. The van der Waals surface area contributed by atoms with Crippen LogP contribution in [0.4, 0.5) is 10.5 Å². The number of imide groups is 1. The highest BCUT2D eigenvalue weighted by Crippen LogP contribution is 2.32. The van der Waals surface area contributed by atoms with Gasteiger partial charge in [0.2, 0.25) is 5.91 Å². The highest BCUT2D eigenvalue weighted by molar-refractivity contribution is 8.18. The van der Waals surface area contributed by atoms with E-state index in [-0.39, 0.29) is 11.5 Å². The lowest BCUT2D eigenvalue weighted by molar-refractivity contribution is -0.127. The summed E-state index contributed by atoms with van der Waals surface area (Å²) in [5.74, 6) is -0.450. The van der Waals surface area contributed by atoms with Crippen molar-refractivity contribution in [3.8, 4) is 5.75 Å². The van der Waals surface area contributed by atoms with Gasteiger partial charge in [0, 0.05) is 15.6 Å². The molecule has 4 rings (SSSR count). The molecule has 1 saturated heterocycles. The number of hydrogen-bond acceptors (Lipinski definition) is 5. The molecule has 35 heavy (non-hydrogen) atoms. The summed E-state index contributed by atoms with van der Waals surface area (Å²) in [6, 6.07) is 18.9. The molecule has 3 aromatic rings. The zero-order valence-corrected chi connectivity index (χ0v) is 21.0. The van der Waals surface area contributed by atoms with E-state index in [9.17, 15) is 14.4 Å². The van der Waals surface area contributed by atoms with Gasteiger partial charge in [0.25, 0.3) is 11.1 Å². The fourth-order valence-electron chi connectivity index (χ4n) is 3.14. The summed E-state index contributed by atoms with van der Waals surface area (Å²) < 4.78 is 5.76. The number of halogens is 3. The third-order valence-electron chi connectivity index (χ3n) is 4.91. The summed E-state index contributed by atoms with van der Waals surface area (Å²) in [5.41, 5.74) is 1.91. The molecule has 0 aliphatic carbocycles. The number of rotatable bonds is 7. The topological polar surface area (TPSA) is 75.7 Å². The molecule has 1 aliphatic heterocycles.